The fourth-order valence-electron chi connectivity index (χ4n) is 1.54. The number of aliphatic hydroxyl groups excluding tert-OH is 1. The van der Waals surface area contributed by atoms with Gasteiger partial charge in [-0.25, -0.2) is 8.78 Å². The van der Waals surface area contributed by atoms with Gasteiger partial charge in [-0.1, -0.05) is 17.9 Å². The Labute approximate surface area is 122 Å². The molecular weight excluding hydrogens is 280 g/mol. The monoisotopic (exact) mass is 297 g/mol. The molecule has 0 spiro atoms. The summed E-state index contributed by atoms with van der Waals surface area (Å²) in [7, 11) is 0. The summed E-state index contributed by atoms with van der Waals surface area (Å²) in [6.45, 7) is 1.14. The summed E-state index contributed by atoms with van der Waals surface area (Å²) in [6.07, 6.45) is -2.51. The zero-order valence-corrected chi connectivity index (χ0v) is 11.7. The first-order chi connectivity index (χ1) is 10.0. The van der Waals surface area contributed by atoms with Crippen LogP contribution >= 0.6 is 0 Å². The molecule has 4 nitrogen and oxygen atoms in total. The maximum absolute atomic E-state index is 11.9. The summed E-state index contributed by atoms with van der Waals surface area (Å²) in [6, 6.07) is 5.02. The van der Waals surface area contributed by atoms with E-state index in [0.717, 1.165) is 5.56 Å². The summed E-state index contributed by atoms with van der Waals surface area (Å²) < 4.78 is 28.3. The predicted molar refractivity (Wildman–Crippen MR) is 74.3 cm³/mol. The minimum atomic E-state index is -2.51. The van der Waals surface area contributed by atoms with Crippen LogP contribution in [-0.4, -0.2) is 43.8 Å². The predicted octanol–water partition coefficient (Wildman–Crippen LogP) is 1.35. The fourth-order valence-corrected chi connectivity index (χ4v) is 1.54. The van der Waals surface area contributed by atoms with E-state index in [1.807, 2.05) is 6.92 Å². The number of carbonyl (C=O) groups excluding carboxylic acids is 1. The number of alkyl halides is 2. The number of hydrogen-bond donors (Lipinski definition) is 2. The quantitative estimate of drug-likeness (QED) is 0.615. The molecule has 0 heterocycles. The Morgan fingerprint density at radius 3 is 2.90 bits per heavy atom. The average molecular weight is 297 g/mol. The molecule has 0 bridgehead atoms. The normalized spacial score (nSPS) is 10.1. The van der Waals surface area contributed by atoms with Crippen LogP contribution in [0.4, 0.5) is 8.78 Å². The third-order valence-corrected chi connectivity index (χ3v) is 2.58. The number of ether oxygens (including phenoxy) is 1. The Hall–Kier alpha value is -1.97. The highest BCUT2D eigenvalue weighted by Gasteiger charge is 2.07. The standard InChI is InChI=1S/C15H17F2NO3/c1-11-4-5-13(9-12(11)3-2-7-19)15(20)18-6-8-21-10-14(16)17/h4-5,9,14,19H,6-8,10H2,1H3,(H,18,20). The van der Waals surface area contributed by atoms with Crippen LogP contribution in [0, 0.1) is 18.8 Å². The van der Waals surface area contributed by atoms with Crippen molar-refractivity contribution in [3.8, 4) is 11.8 Å². The molecule has 0 atom stereocenters. The summed E-state index contributed by atoms with van der Waals surface area (Å²) in [5.41, 5.74) is 1.97. The summed E-state index contributed by atoms with van der Waals surface area (Å²) in [5, 5.41) is 11.3. The van der Waals surface area contributed by atoms with Crippen LogP contribution in [0.1, 0.15) is 21.5 Å². The molecule has 0 radical (unpaired) electrons. The fraction of sp³-hybridized carbons (Fsp3) is 0.400. The second-order valence-electron chi connectivity index (χ2n) is 4.21. The van der Waals surface area contributed by atoms with Crippen molar-refractivity contribution in [1.29, 1.82) is 0 Å². The number of carbonyl (C=O) groups is 1. The minimum Gasteiger partial charge on any atom is -0.384 e. The van der Waals surface area contributed by atoms with Crippen LogP contribution in [0.3, 0.4) is 0 Å². The first kappa shape index (κ1) is 17.1. The first-order valence-electron chi connectivity index (χ1n) is 6.39. The second-order valence-corrected chi connectivity index (χ2v) is 4.21. The van der Waals surface area contributed by atoms with E-state index in [1.54, 1.807) is 18.2 Å². The van der Waals surface area contributed by atoms with Crippen LogP contribution < -0.4 is 5.32 Å². The van der Waals surface area contributed by atoms with Gasteiger partial charge in [0.05, 0.1) is 6.61 Å². The van der Waals surface area contributed by atoms with E-state index in [4.69, 9.17) is 5.11 Å². The minimum absolute atomic E-state index is 0.0269. The van der Waals surface area contributed by atoms with E-state index >= 15 is 0 Å². The summed E-state index contributed by atoms with van der Waals surface area (Å²) in [5.74, 6) is 4.95. The van der Waals surface area contributed by atoms with Gasteiger partial charge in [0.25, 0.3) is 12.3 Å². The largest absolute Gasteiger partial charge is 0.384 e. The van der Waals surface area contributed by atoms with Gasteiger partial charge in [0, 0.05) is 17.7 Å². The molecule has 1 rings (SSSR count). The van der Waals surface area contributed by atoms with E-state index in [0.29, 0.717) is 11.1 Å². The molecule has 0 aliphatic heterocycles. The number of rotatable bonds is 6. The van der Waals surface area contributed by atoms with Crippen LogP contribution in [0.5, 0.6) is 0 Å². The Kier molecular flexibility index (Phi) is 7.37. The maximum atomic E-state index is 11.9. The molecule has 6 heteroatoms. The zero-order chi connectivity index (χ0) is 15.7. The van der Waals surface area contributed by atoms with Gasteiger partial charge in [-0.15, -0.1) is 0 Å². The van der Waals surface area contributed by atoms with E-state index in [-0.39, 0.29) is 25.7 Å². The van der Waals surface area contributed by atoms with Crippen molar-refractivity contribution in [1.82, 2.24) is 5.32 Å². The molecule has 1 aromatic carbocycles. The lowest BCUT2D eigenvalue weighted by Gasteiger charge is -2.07. The van der Waals surface area contributed by atoms with Crippen molar-refractivity contribution in [3.05, 3.63) is 34.9 Å². The van der Waals surface area contributed by atoms with Gasteiger partial charge in [-0.05, 0) is 24.6 Å². The third kappa shape index (κ3) is 6.34. The lowest BCUT2D eigenvalue weighted by molar-refractivity contribution is 0.0188. The number of nitrogens with one attached hydrogen (secondary N) is 1. The molecule has 0 aliphatic rings. The molecule has 0 aliphatic carbocycles. The number of benzene rings is 1. The molecule has 0 saturated carbocycles. The van der Waals surface area contributed by atoms with E-state index in [9.17, 15) is 13.6 Å². The number of aliphatic hydroxyl groups is 1. The van der Waals surface area contributed by atoms with Gasteiger partial charge in [0.15, 0.2) is 0 Å². The molecule has 114 valence electrons. The number of aryl methyl sites for hydroxylation is 1. The molecule has 1 aromatic rings. The molecule has 0 unspecified atom stereocenters. The highest BCUT2D eigenvalue weighted by molar-refractivity contribution is 5.94. The lowest BCUT2D eigenvalue weighted by Crippen LogP contribution is -2.27. The Bertz CT molecular complexity index is 535. The maximum Gasteiger partial charge on any atom is 0.261 e. The first-order valence-corrected chi connectivity index (χ1v) is 6.39. The van der Waals surface area contributed by atoms with E-state index in [2.05, 4.69) is 21.9 Å². The Morgan fingerprint density at radius 2 is 2.24 bits per heavy atom. The van der Waals surface area contributed by atoms with Crippen molar-refractivity contribution in [3.63, 3.8) is 0 Å². The number of hydrogen-bond acceptors (Lipinski definition) is 3. The van der Waals surface area contributed by atoms with Crippen molar-refractivity contribution in [2.24, 2.45) is 0 Å². The van der Waals surface area contributed by atoms with Gasteiger partial charge >= 0.3 is 0 Å². The zero-order valence-electron chi connectivity index (χ0n) is 11.7. The topological polar surface area (TPSA) is 58.6 Å². The van der Waals surface area contributed by atoms with Crippen molar-refractivity contribution in [2.45, 2.75) is 13.3 Å². The molecule has 21 heavy (non-hydrogen) atoms. The highest BCUT2D eigenvalue weighted by atomic mass is 19.3. The molecule has 0 fully saturated rings. The third-order valence-electron chi connectivity index (χ3n) is 2.58. The van der Waals surface area contributed by atoms with E-state index < -0.39 is 13.0 Å². The Morgan fingerprint density at radius 1 is 1.48 bits per heavy atom. The van der Waals surface area contributed by atoms with Crippen molar-refractivity contribution in [2.75, 3.05) is 26.4 Å². The Balaban J connectivity index is 2.54. The van der Waals surface area contributed by atoms with Crippen molar-refractivity contribution < 1.29 is 23.4 Å². The van der Waals surface area contributed by atoms with Gasteiger partial charge in [-0.2, -0.15) is 0 Å². The molecular formula is C15H17F2NO3. The highest BCUT2D eigenvalue weighted by Crippen LogP contribution is 2.10. The summed E-state index contributed by atoms with van der Waals surface area (Å²) >= 11 is 0. The summed E-state index contributed by atoms with van der Waals surface area (Å²) in [4.78, 5) is 11.9. The average Bonchev–Trinajstić information content (AvgIpc) is 2.45. The molecule has 0 saturated heterocycles. The van der Waals surface area contributed by atoms with Crippen LogP contribution in [0.25, 0.3) is 0 Å². The van der Waals surface area contributed by atoms with Gasteiger partial charge < -0.3 is 15.2 Å². The number of halogens is 2. The lowest BCUT2D eigenvalue weighted by atomic mass is 10.0. The number of amides is 1. The van der Waals surface area contributed by atoms with E-state index in [1.165, 1.54) is 0 Å². The molecule has 1 amide bonds. The molecule has 2 N–H and O–H groups in total. The van der Waals surface area contributed by atoms with Gasteiger partial charge in [0.1, 0.15) is 13.2 Å². The van der Waals surface area contributed by atoms with Crippen molar-refractivity contribution >= 4 is 5.91 Å². The molecule has 0 aromatic heterocycles. The SMILES string of the molecule is Cc1ccc(C(=O)NCCOCC(F)F)cc1C#CCO. The van der Waals surface area contributed by atoms with Gasteiger partial charge in [-0.3, -0.25) is 4.79 Å². The second kappa shape index (κ2) is 9.06. The van der Waals surface area contributed by atoms with Crippen LogP contribution in [0.15, 0.2) is 18.2 Å². The van der Waals surface area contributed by atoms with Gasteiger partial charge in [0.2, 0.25) is 0 Å². The smallest absolute Gasteiger partial charge is 0.261 e. The van der Waals surface area contributed by atoms with Crippen LogP contribution in [0.2, 0.25) is 0 Å². The van der Waals surface area contributed by atoms with Crippen LogP contribution in [-0.2, 0) is 4.74 Å².